The maximum absolute atomic E-state index is 9.42. The number of hydrogen-bond donors (Lipinski definition) is 2. The number of likely N-dealkylation sites (tertiary alicyclic amines) is 1. The number of fused-ring (bicyclic) bond motifs is 1. The first kappa shape index (κ1) is 16.6. The number of nitrogens with zero attached hydrogens (tertiary/aromatic N) is 2. The highest BCUT2D eigenvalue weighted by Crippen LogP contribution is 2.30. The monoisotopic (exact) mass is 347 g/mol. The van der Waals surface area contributed by atoms with E-state index in [4.69, 9.17) is 4.42 Å². The smallest absolute Gasteiger partial charge is 0.232 e. The lowest BCUT2D eigenvalue weighted by molar-refractivity contribution is -0.903. The van der Waals surface area contributed by atoms with E-state index in [2.05, 4.69) is 28.5 Å². The molecule has 0 radical (unpaired) electrons. The second-order valence-corrected chi connectivity index (χ2v) is 6.82. The summed E-state index contributed by atoms with van der Waals surface area (Å²) in [6, 6.07) is 16.3. The van der Waals surface area contributed by atoms with Crippen molar-refractivity contribution in [3.05, 3.63) is 48.2 Å². The molecule has 5 nitrogen and oxygen atoms in total. The van der Waals surface area contributed by atoms with Crippen LogP contribution in [0, 0.1) is 11.3 Å². The van der Waals surface area contributed by atoms with Gasteiger partial charge in [0.15, 0.2) is 0 Å². The van der Waals surface area contributed by atoms with Crippen molar-refractivity contribution in [3.8, 4) is 17.5 Å². The van der Waals surface area contributed by atoms with Gasteiger partial charge in [-0.1, -0.05) is 36.4 Å². The molecule has 1 aromatic heterocycles. The number of nitriles is 1. The molecule has 2 N–H and O–H groups in total. The Labute approximate surface area is 153 Å². The van der Waals surface area contributed by atoms with Gasteiger partial charge in [0.05, 0.1) is 26.2 Å². The van der Waals surface area contributed by atoms with Gasteiger partial charge >= 0.3 is 0 Å². The van der Waals surface area contributed by atoms with Gasteiger partial charge in [-0.3, -0.25) is 0 Å². The molecule has 1 fully saturated rings. The van der Waals surface area contributed by atoms with E-state index in [0.717, 1.165) is 29.4 Å². The molecule has 1 aliphatic rings. The molecule has 2 aromatic carbocycles. The summed E-state index contributed by atoms with van der Waals surface area (Å²) in [5, 5.41) is 14.9. The van der Waals surface area contributed by atoms with E-state index in [-0.39, 0.29) is 0 Å². The summed E-state index contributed by atoms with van der Waals surface area (Å²) in [6.07, 6.45) is 3.98. The molecule has 132 valence electrons. The van der Waals surface area contributed by atoms with Crippen LogP contribution in [0.1, 0.15) is 25.0 Å². The minimum absolute atomic E-state index is 0.321. The van der Waals surface area contributed by atoms with Gasteiger partial charge in [-0.2, -0.15) is 10.2 Å². The number of quaternary nitrogens is 1. The Hall–Kier alpha value is -2.84. The summed E-state index contributed by atoms with van der Waals surface area (Å²) in [5.74, 6) is 0.970. The molecule has 0 spiro atoms. The summed E-state index contributed by atoms with van der Waals surface area (Å²) >= 11 is 0. The molecule has 1 aliphatic heterocycles. The SMILES string of the molecule is N#Cc1nc(-c2cccc3ccccc23)oc1NCC[NH+]1CCCCC1. The number of oxazole rings is 1. The third-order valence-electron chi connectivity index (χ3n) is 5.08. The molecule has 2 heterocycles. The zero-order valence-electron chi connectivity index (χ0n) is 14.8. The number of anilines is 1. The van der Waals surface area contributed by atoms with Crippen molar-refractivity contribution in [2.75, 3.05) is 31.5 Å². The van der Waals surface area contributed by atoms with Crippen LogP contribution in [0.5, 0.6) is 0 Å². The lowest BCUT2D eigenvalue weighted by Gasteiger charge is -2.23. The fourth-order valence-electron chi connectivity index (χ4n) is 3.70. The Balaban J connectivity index is 1.54. The van der Waals surface area contributed by atoms with Crippen LogP contribution >= 0.6 is 0 Å². The van der Waals surface area contributed by atoms with E-state index < -0.39 is 0 Å². The van der Waals surface area contributed by atoms with Crippen molar-refractivity contribution in [1.29, 1.82) is 5.26 Å². The summed E-state index contributed by atoms with van der Waals surface area (Å²) in [6.45, 7) is 4.30. The first-order valence-electron chi connectivity index (χ1n) is 9.31. The predicted octanol–water partition coefficient (Wildman–Crippen LogP) is 2.85. The van der Waals surface area contributed by atoms with Crippen LogP contribution in [0.25, 0.3) is 22.2 Å². The van der Waals surface area contributed by atoms with Crippen LogP contribution in [0.3, 0.4) is 0 Å². The summed E-state index contributed by atoms with van der Waals surface area (Å²) in [7, 11) is 0. The van der Waals surface area contributed by atoms with Crippen LogP contribution in [0.15, 0.2) is 46.9 Å². The molecule has 0 atom stereocenters. The molecule has 0 amide bonds. The molecule has 0 saturated carbocycles. The van der Waals surface area contributed by atoms with Crippen molar-refractivity contribution in [2.24, 2.45) is 0 Å². The second-order valence-electron chi connectivity index (χ2n) is 6.82. The van der Waals surface area contributed by atoms with Crippen molar-refractivity contribution in [1.82, 2.24) is 4.98 Å². The highest BCUT2D eigenvalue weighted by molar-refractivity contribution is 5.94. The van der Waals surface area contributed by atoms with Gasteiger partial charge in [0.25, 0.3) is 0 Å². The van der Waals surface area contributed by atoms with E-state index in [1.54, 1.807) is 4.90 Å². The number of hydrogen-bond acceptors (Lipinski definition) is 4. The predicted molar refractivity (Wildman–Crippen MR) is 102 cm³/mol. The Bertz CT molecular complexity index is 929. The Morgan fingerprint density at radius 2 is 1.88 bits per heavy atom. The number of piperidine rings is 1. The van der Waals surface area contributed by atoms with Gasteiger partial charge in [-0.15, -0.1) is 0 Å². The summed E-state index contributed by atoms with van der Waals surface area (Å²) < 4.78 is 5.94. The maximum atomic E-state index is 9.42. The van der Waals surface area contributed by atoms with Crippen molar-refractivity contribution < 1.29 is 9.32 Å². The topological polar surface area (TPSA) is 66.3 Å². The molecule has 0 unspecified atom stereocenters. The number of aromatic nitrogens is 1. The van der Waals surface area contributed by atoms with Gasteiger partial charge in [-0.05, 0) is 36.1 Å². The minimum atomic E-state index is 0.321. The third kappa shape index (κ3) is 3.42. The summed E-state index contributed by atoms with van der Waals surface area (Å²) in [4.78, 5) is 6.04. The molecular weight excluding hydrogens is 324 g/mol. The molecule has 1 saturated heterocycles. The normalized spacial score (nSPS) is 15.0. The molecule has 0 bridgehead atoms. The Morgan fingerprint density at radius 3 is 2.73 bits per heavy atom. The standard InChI is InChI=1S/C21H22N4O/c22-15-19-21(23-11-14-25-12-4-1-5-13-25)26-20(24-19)18-10-6-8-16-7-2-3-9-17(16)18/h2-3,6-10,23H,1,4-5,11-14H2/p+1. The van der Waals surface area contributed by atoms with E-state index >= 15 is 0 Å². The van der Waals surface area contributed by atoms with Crippen LogP contribution in [-0.4, -0.2) is 31.2 Å². The van der Waals surface area contributed by atoms with Gasteiger partial charge in [0, 0.05) is 5.56 Å². The zero-order chi connectivity index (χ0) is 17.8. The highest BCUT2D eigenvalue weighted by atomic mass is 16.4. The number of benzene rings is 2. The van der Waals surface area contributed by atoms with Crippen LogP contribution in [-0.2, 0) is 0 Å². The molecule has 4 rings (SSSR count). The van der Waals surface area contributed by atoms with Crippen molar-refractivity contribution in [2.45, 2.75) is 19.3 Å². The van der Waals surface area contributed by atoms with E-state index in [0.29, 0.717) is 17.5 Å². The van der Waals surface area contributed by atoms with E-state index in [1.165, 1.54) is 32.4 Å². The van der Waals surface area contributed by atoms with E-state index in [1.807, 2.05) is 30.3 Å². The second kappa shape index (κ2) is 7.59. The largest absolute Gasteiger partial charge is 0.419 e. The minimum Gasteiger partial charge on any atom is -0.419 e. The quantitative estimate of drug-likeness (QED) is 0.745. The zero-order valence-corrected chi connectivity index (χ0v) is 14.8. The molecule has 26 heavy (non-hydrogen) atoms. The maximum Gasteiger partial charge on any atom is 0.232 e. The van der Waals surface area contributed by atoms with Gasteiger partial charge in [0.2, 0.25) is 17.5 Å². The first-order valence-corrected chi connectivity index (χ1v) is 9.31. The first-order chi connectivity index (χ1) is 12.8. The van der Waals surface area contributed by atoms with Crippen molar-refractivity contribution in [3.63, 3.8) is 0 Å². The van der Waals surface area contributed by atoms with Crippen LogP contribution in [0.2, 0.25) is 0 Å². The van der Waals surface area contributed by atoms with Gasteiger partial charge in [0.1, 0.15) is 6.07 Å². The molecular formula is C21H23N4O+. The molecule has 5 heteroatoms. The van der Waals surface area contributed by atoms with Gasteiger partial charge in [-0.25, -0.2) is 0 Å². The average Bonchev–Trinajstić information content (AvgIpc) is 3.11. The Morgan fingerprint density at radius 1 is 1.08 bits per heavy atom. The van der Waals surface area contributed by atoms with Gasteiger partial charge < -0.3 is 14.6 Å². The number of nitrogens with one attached hydrogen (secondary N) is 2. The average molecular weight is 347 g/mol. The van der Waals surface area contributed by atoms with Crippen LogP contribution < -0.4 is 10.2 Å². The van der Waals surface area contributed by atoms with Crippen LogP contribution in [0.4, 0.5) is 5.88 Å². The lowest BCUT2D eigenvalue weighted by atomic mass is 10.0. The highest BCUT2D eigenvalue weighted by Gasteiger charge is 2.17. The third-order valence-corrected chi connectivity index (χ3v) is 5.08. The molecule has 3 aromatic rings. The number of rotatable bonds is 5. The lowest BCUT2D eigenvalue weighted by Crippen LogP contribution is -3.13. The molecule has 0 aliphatic carbocycles. The van der Waals surface area contributed by atoms with E-state index in [9.17, 15) is 5.26 Å². The summed E-state index contributed by atoms with van der Waals surface area (Å²) in [5.41, 5.74) is 1.23. The van der Waals surface area contributed by atoms with Crippen molar-refractivity contribution >= 4 is 16.7 Å². The Kier molecular flexibility index (Phi) is 4.85. The fraction of sp³-hybridized carbons (Fsp3) is 0.333. The fourth-order valence-corrected chi connectivity index (χ4v) is 3.70.